The topological polar surface area (TPSA) is 70.5 Å². The molecule has 1 atom stereocenters. The van der Waals surface area contributed by atoms with Crippen molar-refractivity contribution in [2.45, 2.75) is 6.04 Å². The zero-order valence-electron chi connectivity index (χ0n) is 15.6. The Hall–Kier alpha value is -3.43. The van der Waals surface area contributed by atoms with Crippen LogP contribution in [0.15, 0.2) is 71.3 Å². The fourth-order valence-corrected chi connectivity index (χ4v) is 5.25. The number of halogens is 2. The van der Waals surface area contributed by atoms with E-state index in [1.807, 2.05) is 0 Å². The van der Waals surface area contributed by atoms with Gasteiger partial charge in [-0.25, -0.2) is 13.8 Å². The monoisotopic (exact) mass is 454 g/mol. The number of nitrogens with zero attached hydrogens (tertiary/aromatic N) is 2. The Kier molecular flexibility index (Phi) is 4.64. The number of Topliss-reactive ketones (excluding diaryl/α,β-unsaturated/α-hetero) is 1. The van der Waals surface area contributed by atoms with E-state index >= 15 is 0 Å². The molecule has 5 nitrogen and oxygen atoms in total. The van der Waals surface area contributed by atoms with E-state index in [0.29, 0.717) is 15.1 Å². The van der Waals surface area contributed by atoms with Gasteiger partial charge < -0.3 is 5.11 Å². The number of aliphatic hydroxyl groups is 1. The maximum atomic E-state index is 14.8. The summed E-state index contributed by atoms with van der Waals surface area (Å²) in [4.78, 5) is 32.0. The molecule has 31 heavy (non-hydrogen) atoms. The Morgan fingerprint density at radius 3 is 2.65 bits per heavy atom. The molecular weight excluding hydrogens is 442 g/mol. The van der Waals surface area contributed by atoms with E-state index in [-0.39, 0.29) is 16.3 Å². The number of amides is 1. The summed E-state index contributed by atoms with van der Waals surface area (Å²) in [5, 5.41) is 12.5. The number of carbonyl (C=O) groups excluding carboxylic acids is 2. The van der Waals surface area contributed by atoms with Crippen LogP contribution >= 0.6 is 22.7 Å². The van der Waals surface area contributed by atoms with Crippen molar-refractivity contribution in [3.05, 3.63) is 93.4 Å². The van der Waals surface area contributed by atoms with E-state index in [4.69, 9.17) is 0 Å². The minimum Gasteiger partial charge on any atom is -0.503 e. The van der Waals surface area contributed by atoms with E-state index in [0.717, 1.165) is 27.6 Å². The smallest absolute Gasteiger partial charge is 0.296 e. The Labute approximate surface area is 182 Å². The predicted molar refractivity (Wildman–Crippen MR) is 115 cm³/mol. The molecule has 0 saturated heterocycles. The van der Waals surface area contributed by atoms with Crippen molar-refractivity contribution >= 4 is 49.7 Å². The average Bonchev–Trinajstić information content (AvgIpc) is 3.47. The van der Waals surface area contributed by atoms with Crippen molar-refractivity contribution in [3.63, 3.8) is 0 Å². The van der Waals surface area contributed by atoms with Crippen molar-refractivity contribution in [3.8, 4) is 0 Å². The second kappa shape index (κ2) is 7.36. The van der Waals surface area contributed by atoms with Crippen molar-refractivity contribution < 1.29 is 23.5 Å². The summed E-state index contributed by atoms with van der Waals surface area (Å²) >= 11 is 2.17. The zero-order valence-corrected chi connectivity index (χ0v) is 17.2. The van der Waals surface area contributed by atoms with Crippen LogP contribution < -0.4 is 4.90 Å². The molecule has 1 aliphatic rings. The summed E-state index contributed by atoms with van der Waals surface area (Å²) in [5.41, 5.74) is 0.271. The van der Waals surface area contributed by atoms with Gasteiger partial charge in [-0.05, 0) is 35.7 Å². The van der Waals surface area contributed by atoms with Crippen LogP contribution in [-0.2, 0) is 4.79 Å². The predicted octanol–water partition coefficient (Wildman–Crippen LogP) is 5.42. The van der Waals surface area contributed by atoms with Gasteiger partial charge in [-0.2, -0.15) is 0 Å². The molecule has 9 heteroatoms. The zero-order chi connectivity index (χ0) is 21.7. The summed E-state index contributed by atoms with van der Waals surface area (Å²) in [6, 6.07) is 11.8. The fraction of sp³-hybridized carbons (Fsp3) is 0.0455. The van der Waals surface area contributed by atoms with E-state index in [2.05, 4.69) is 4.98 Å². The molecule has 154 valence electrons. The number of hydrogen-bond acceptors (Lipinski definition) is 6. The largest absolute Gasteiger partial charge is 0.503 e. The number of thiazole rings is 1. The van der Waals surface area contributed by atoms with Gasteiger partial charge in [0.15, 0.2) is 10.9 Å². The molecule has 1 unspecified atom stereocenters. The number of hydrogen-bond donors (Lipinski definition) is 1. The molecule has 0 spiro atoms. The molecule has 0 aliphatic carbocycles. The van der Waals surface area contributed by atoms with Gasteiger partial charge in [0.1, 0.15) is 17.7 Å². The maximum Gasteiger partial charge on any atom is 0.296 e. The Balaban J connectivity index is 1.71. The van der Waals surface area contributed by atoms with E-state index < -0.39 is 35.1 Å². The lowest BCUT2D eigenvalue weighted by molar-refractivity contribution is -0.117. The van der Waals surface area contributed by atoms with E-state index in [1.54, 1.807) is 23.6 Å². The number of rotatable bonds is 4. The van der Waals surface area contributed by atoms with Crippen LogP contribution in [0.25, 0.3) is 10.2 Å². The van der Waals surface area contributed by atoms with Crippen LogP contribution in [0, 0.1) is 11.6 Å². The molecule has 1 amide bonds. The summed E-state index contributed by atoms with van der Waals surface area (Å²) in [6.07, 6.45) is 0. The van der Waals surface area contributed by atoms with Crippen molar-refractivity contribution in [2.24, 2.45) is 0 Å². The highest BCUT2D eigenvalue weighted by Gasteiger charge is 2.47. The van der Waals surface area contributed by atoms with Crippen molar-refractivity contribution in [1.82, 2.24) is 4.98 Å². The summed E-state index contributed by atoms with van der Waals surface area (Å²) < 4.78 is 28.9. The molecule has 4 aromatic rings. The lowest BCUT2D eigenvalue weighted by Crippen LogP contribution is -2.31. The number of benzene rings is 2. The number of carbonyl (C=O) groups is 2. The first-order valence-electron chi connectivity index (χ1n) is 9.11. The number of aliphatic hydroxyl groups excluding tert-OH is 1. The van der Waals surface area contributed by atoms with Gasteiger partial charge in [0, 0.05) is 5.56 Å². The highest BCUT2D eigenvalue weighted by atomic mass is 32.1. The number of ketones is 1. The average molecular weight is 454 g/mol. The normalized spacial score (nSPS) is 16.5. The summed E-state index contributed by atoms with van der Waals surface area (Å²) in [6.45, 7) is 0. The van der Waals surface area contributed by atoms with Crippen molar-refractivity contribution in [1.29, 1.82) is 0 Å². The molecule has 3 heterocycles. The molecule has 0 fully saturated rings. The van der Waals surface area contributed by atoms with E-state index in [9.17, 15) is 23.5 Å². The van der Waals surface area contributed by atoms with Crippen molar-refractivity contribution in [2.75, 3.05) is 4.90 Å². The van der Waals surface area contributed by atoms with Gasteiger partial charge in [-0.3, -0.25) is 14.5 Å². The van der Waals surface area contributed by atoms with Crippen LogP contribution in [0.1, 0.15) is 21.3 Å². The van der Waals surface area contributed by atoms with Gasteiger partial charge in [0.05, 0.1) is 20.7 Å². The molecular formula is C22H12F2N2O3S2. The second-order valence-corrected chi connectivity index (χ2v) is 8.73. The van der Waals surface area contributed by atoms with Gasteiger partial charge in [0.25, 0.3) is 5.91 Å². The third-order valence-electron chi connectivity index (χ3n) is 4.94. The van der Waals surface area contributed by atoms with Crippen LogP contribution in [0.5, 0.6) is 0 Å². The summed E-state index contributed by atoms with van der Waals surface area (Å²) in [5.74, 6) is -3.28. The molecule has 1 N–H and O–H groups in total. The number of anilines is 1. The maximum absolute atomic E-state index is 14.8. The molecule has 0 bridgehead atoms. The number of aromatic nitrogens is 1. The van der Waals surface area contributed by atoms with Gasteiger partial charge in [-0.15, -0.1) is 11.3 Å². The summed E-state index contributed by atoms with van der Waals surface area (Å²) in [7, 11) is 0. The van der Waals surface area contributed by atoms with Gasteiger partial charge >= 0.3 is 0 Å². The lowest BCUT2D eigenvalue weighted by Gasteiger charge is -2.24. The standard InChI is InChI=1S/C22H12F2N2O3S2/c23-11-7-8-14-16(10-11)31-22(25-14)26-18(12-4-1-2-5-13(12)24)17(20(28)21(26)29)19(27)15-6-3-9-30-15/h1-10,18,28H. The van der Waals surface area contributed by atoms with Gasteiger partial charge in [-0.1, -0.05) is 35.6 Å². The third kappa shape index (κ3) is 3.13. The molecule has 1 aliphatic heterocycles. The highest BCUT2D eigenvalue weighted by Crippen LogP contribution is 2.45. The minimum atomic E-state index is -1.21. The first-order chi connectivity index (χ1) is 15.0. The third-order valence-corrected chi connectivity index (χ3v) is 6.83. The fourth-order valence-electron chi connectivity index (χ4n) is 3.56. The molecule has 0 saturated carbocycles. The molecule has 5 rings (SSSR count). The van der Waals surface area contributed by atoms with Crippen LogP contribution in [0.3, 0.4) is 0 Å². The Bertz CT molecular complexity index is 1380. The van der Waals surface area contributed by atoms with Crippen LogP contribution in [-0.4, -0.2) is 21.8 Å². The molecule has 0 radical (unpaired) electrons. The number of fused-ring (bicyclic) bond motifs is 1. The highest BCUT2D eigenvalue weighted by molar-refractivity contribution is 7.22. The quantitative estimate of drug-likeness (QED) is 0.418. The first kappa shape index (κ1) is 19.5. The molecule has 2 aromatic heterocycles. The second-order valence-electron chi connectivity index (χ2n) is 6.78. The SMILES string of the molecule is O=C(C1=C(O)C(=O)N(c2nc3ccc(F)cc3s2)C1c1ccccc1F)c1cccs1. The first-order valence-corrected chi connectivity index (χ1v) is 10.8. The number of thiophene rings is 1. The Morgan fingerprint density at radius 2 is 1.90 bits per heavy atom. The van der Waals surface area contributed by atoms with Crippen LogP contribution in [0.2, 0.25) is 0 Å². The minimum absolute atomic E-state index is 0.0465. The lowest BCUT2D eigenvalue weighted by atomic mass is 9.95. The molecule has 2 aromatic carbocycles. The van der Waals surface area contributed by atoms with E-state index in [1.165, 1.54) is 36.4 Å². The van der Waals surface area contributed by atoms with Gasteiger partial charge in [0.2, 0.25) is 5.78 Å². The van der Waals surface area contributed by atoms with Crippen LogP contribution in [0.4, 0.5) is 13.9 Å². The Morgan fingerprint density at radius 1 is 1.10 bits per heavy atom.